The lowest BCUT2D eigenvalue weighted by Crippen LogP contribution is -2.30. The fraction of sp³-hybridized carbons (Fsp3) is 0.800. The second-order valence-corrected chi connectivity index (χ2v) is 3.17. The third-order valence-electron chi connectivity index (χ3n) is 0.828. The predicted molar refractivity (Wildman–Crippen MR) is 40.2 cm³/mol. The lowest BCUT2D eigenvalue weighted by molar-refractivity contribution is 0.101. The zero-order valence-corrected chi connectivity index (χ0v) is 7.42. The fourth-order valence-corrected chi connectivity index (χ4v) is 0.510. The van der Waals surface area contributed by atoms with Crippen LogP contribution in [0, 0.1) is 0 Å². The maximum Gasteiger partial charge on any atom is 0.423 e. The van der Waals surface area contributed by atoms with Gasteiger partial charge in [0.2, 0.25) is 0 Å². The number of hydrogen-bond acceptors (Lipinski definition) is 3. The maximum atomic E-state index is 10.7. The fourth-order valence-electron chi connectivity index (χ4n) is 0.340. The van der Waals surface area contributed by atoms with Crippen molar-refractivity contribution in [1.29, 1.82) is 0 Å². The summed E-state index contributed by atoms with van der Waals surface area (Å²) in [6.07, 6.45) is -1.09. The van der Waals surface area contributed by atoms with Crippen molar-refractivity contribution in [3.63, 3.8) is 0 Å². The van der Waals surface area contributed by atoms with Gasteiger partial charge < -0.3 is 4.74 Å². The normalized spacial score (nSPS) is 12.8. The Balaban J connectivity index is 3.93. The number of nitrogens with zero attached hydrogens (tertiary/aromatic N) is 1. The molecule has 0 aromatic rings. The minimum Gasteiger partial charge on any atom is -0.446 e. The lowest BCUT2D eigenvalue weighted by Gasteiger charge is -2.13. The van der Waals surface area contributed by atoms with Gasteiger partial charge in [0.15, 0.2) is 0 Å². The molecule has 0 saturated carbocycles. The summed E-state index contributed by atoms with van der Waals surface area (Å²) < 4.78 is 23.9. The topological polar surface area (TPSA) is 66.8 Å². The standard InChI is InChI=1S/C5H11NO4S/c1-4(2)10-5(7)6(3)11(8)9/h4H,1-3H3,(H,8,9). The Labute approximate surface area is 67.7 Å². The summed E-state index contributed by atoms with van der Waals surface area (Å²) in [5.41, 5.74) is 0. The molecule has 0 fully saturated rings. The smallest absolute Gasteiger partial charge is 0.423 e. The second-order valence-electron chi connectivity index (χ2n) is 2.16. The van der Waals surface area contributed by atoms with Gasteiger partial charge in [-0.25, -0.2) is 13.3 Å². The van der Waals surface area contributed by atoms with E-state index in [0.717, 1.165) is 0 Å². The third kappa shape index (κ3) is 3.94. The summed E-state index contributed by atoms with van der Waals surface area (Å²) in [6, 6.07) is 0. The molecule has 0 heterocycles. The zero-order chi connectivity index (χ0) is 9.02. The highest BCUT2D eigenvalue weighted by molar-refractivity contribution is 7.77. The van der Waals surface area contributed by atoms with Gasteiger partial charge in [-0.15, -0.1) is 0 Å². The third-order valence-corrected chi connectivity index (χ3v) is 1.45. The molecular formula is C5H11NO4S. The summed E-state index contributed by atoms with van der Waals surface area (Å²) in [6.45, 7) is 3.32. The molecule has 0 aliphatic carbocycles. The lowest BCUT2D eigenvalue weighted by atomic mass is 10.5. The van der Waals surface area contributed by atoms with Crippen LogP contribution >= 0.6 is 0 Å². The molecule has 6 heteroatoms. The van der Waals surface area contributed by atoms with Crippen LogP contribution in [-0.4, -0.2) is 32.3 Å². The molecule has 0 bridgehead atoms. The zero-order valence-electron chi connectivity index (χ0n) is 6.60. The number of hydrogen-bond donors (Lipinski definition) is 1. The van der Waals surface area contributed by atoms with E-state index in [1.54, 1.807) is 13.8 Å². The molecule has 0 radical (unpaired) electrons. The minimum atomic E-state index is -2.30. The van der Waals surface area contributed by atoms with E-state index in [-0.39, 0.29) is 6.10 Å². The number of amides is 1. The maximum absolute atomic E-state index is 10.7. The van der Waals surface area contributed by atoms with Crippen LogP contribution in [0.3, 0.4) is 0 Å². The highest BCUT2D eigenvalue weighted by atomic mass is 32.2. The van der Waals surface area contributed by atoms with Gasteiger partial charge in [0, 0.05) is 7.05 Å². The molecule has 0 spiro atoms. The largest absolute Gasteiger partial charge is 0.446 e. The van der Waals surface area contributed by atoms with Crippen molar-refractivity contribution in [3.8, 4) is 0 Å². The van der Waals surface area contributed by atoms with Gasteiger partial charge in [0.25, 0.3) is 11.3 Å². The van der Waals surface area contributed by atoms with Crippen molar-refractivity contribution in [2.75, 3.05) is 7.05 Å². The van der Waals surface area contributed by atoms with Crippen molar-refractivity contribution < 1.29 is 18.3 Å². The van der Waals surface area contributed by atoms with Gasteiger partial charge in [0.1, 0.15) is 0 Å². The summed E-state index contributed by atoms with van der Waals surface area (Å²) in [5.74, 6) is 0. The first-order chi connectivity index (χ1) is 4.95. The van der Waals surface area contributed by atoms with Crippen LogP contribution in [0.15, 0.2) is 0 Å². The molecule has 1 unspecified atom stereocenters. The Kier molecular flexibility index (Phi) is 4.06. The van der Waals surface area contributed by atoms with Crippen LogP contribution in [0.25, 0.3) is 0 Å². The first-order valence-corrected chi connectivity index (χ1v) is 4.06. The quantitative estimate of drug-likeness (QED) is 0.633. The Morgan fingerprint density at radius 3 is 2.36 bits per heavy atom. The molecular weight excluding hydrogens is 170 g/mol. The molecule has 66 valence electrons. The number of carbonyl (C=O) groups excluding carboxylic acids is 1. The predicted octanol–water partition coefficient (Wildman–Crippen LogP) is 0.600. The van der Waals surface area contributed by atoms with Crippen molar-refractivity contribution in [1.82, 2.24) is 4.31 Å². The Morgan fingerprint density at radius 1 is 1.64 bits per heavy atom. The average molecular weight is 181 g/mol. The molecule has 1 amide bonds. The van der Waals surface area contributed by atoms with Crippen molar-refractivity contribution in [2.24, 2.45) is 0 Å². The van der Waals surface area contributed by atoms with E-state index in [0.29, 0.717) is 4.31 Å². The molecule has 0 saturated heterocycles. The van der Waals surface area contributed by atoms with Crippen molar-refractivity contribution in [3.05, 3.63) is 0 Å². The van der Waals surface area contributed by atoms with E-state index in [4.69, 9.17) is 4.55 Å². The average Bonchev–Trinajstić information content (AvgIpc) is 1.84. The molecule has 1 N–H and O–H groups in total. The number of carbonyl (C=O) groups is 1. The van der Waals surface area contributed by atoms with E-state index in [2.05, 4.69) is 4.74 Å². The molecule has 0 rings (SSSR count). The Hall–Kier alpha value is -0.620. The van der Waals surface area contributed by atoms with Gasteiger partial charge in [0.05, 0.1) is 6.10 Å². The van der Waals surface area contributed by atoms with Crippen LogP contribution in [0.2, 0.25) is 0 Å². The SMILES string of the molecule is CC(C)OC(=O)N(C)S(=O)O. The minimum absolute atomic E-state index is 0.284. The van der Waals surface area contributed by atoms with E-state index in [9.17, 15) is 9.00 Å². The van der Waals surface area contributed by atoms with E-state index in [1.807, 2.05) is 0 Å². The first-order valence-electron chi connectivity index (χ1n) is 3.00. The number of ether oxygens (including phenoxy) is 1. The monoisotopic (exact) mass is 181 g/mol. The molecule has 0 aliphatic heterocycles. The van der Waals surface area contributed by atoms with Crippen molar-refractivity contribution >= 4 is 17.4 Å². The van der Waals surface area contributed by atoms with Gasteiger partial charge in [-0.1, -0.05) is 0 Å². The first kappa shape index (κ1) is 10.4. The van der Waals surface area contributed by atoms with Crippen LogP contribution in [-0.2, 0) is 16.0 Å². The molecule has 0 aliphatic rings. The molecule has 11 heavy (non-hydrogen) atoms. The number of rotatable bonds is 2. The summed E-state index contributed by atoms with van der Waals surface area (Å²) in [4.78, 5) is 10.7. The van der Waals surface area contributed by atoms with Crippen molar-refractivity contribution in [2.45, 2.75) is 20.0 Å². The molecule has 5 nitrogen and oxygen atoms in total. The Bertz CT molecular complexity index is 170. The highest BCUT2D eigenvalue weighted by Gasteiger charge is 2.15. The van der Waals surface area contributed by atoms with E-state index >= 15 is 0 Å². The highest BCUT2D eigenvalue weighted by Crippen LogP contribution is 1.96. The van der Waals surface area contributed by atoms with E-state index in [1.165, 1.54) is 7.05 Å². The van der Waals surface area contributed by atoms with Gasteiger partial charge in [-0.2, -0.15) is 0 Å². The van der Waals surface area contributed by atoms with Crippen LogP contribution in [0.5, 0.6) is 0 Å². The summed E-state index contributed by atoms with van der Waals surface area (Å²) >= 11 is -2.30. The molecule has 0 aromatic carbocycles. The van der Waals surface area contributed by atoms with E-state index < -0.39 is 17.4 Å². The second kappa shape index (κ2) is 4.30. The van der Waals surface area contributed by atoms with Crippen LogP contribution in [0.1, 0.15) is 13.8 Å². The van der Waals surface area contributed by atoms with Crippen LogP contribution < -0.4 is 0 Å². The van der Waals surface area contributed by atoms with Gasteiger partial charge in [-0.3, -0.25) is 4.55 Å². The summed E-state index contributed by atoms with van der Waals surface area (Å²) in [5, 5.41) is 0. The molecule has 0 aromatic heterocycles. The van der Waals surface area contributed by atoms with Gasteiger partial charge in [-0.05, 0) is 13.8 Å². The van der Waals surface area contributed by atoms with Gasteiger partial charge >= 0.3 is 6.09 Å². The Morgan fingerprint density at radius 2 is 2.09 bits per heavy atom. The van der Waals surface area contributed by atoms with Crippen LogP contribution in [0.4, 0.5) is 4.79 Å². The summed E-state index contributed by atoms with van der Waals surface area (Å²) in [7, 11) is 1.18. The molecule has 1 atom stereocenters.